The van der Waals surface area contributed by atoms with Gasteiger partial charge in [-0.25, -0.2) is 4.79 Å². The molecule has 1 aliphatic heterocycles. The summed E-state index contributed by atoms with van der Waals surface area (Å²) in [6, 6.07) is 5.34. The topological polar surface area (TPSA) is 54.6 Å². The number of aromatic nitrogens is 1. The standard InChI is InChI=1S/C22H33N5O/c1-6-27(7-2)22(28)24-15-9-17-18-10-16(25(3)4)11-19-21(18)14(12-23-19)8-20(17)26(5)13-15/h10-12,15,17,20,23H,6-9,13H2,1-5H3,(H,24,28)/t15-,17+,20+/m0/s1. The Labute approximate surface area is 167 Å². The second-order valence-corrected chi connectivity index (χ2v) is 8.54. The Balaban J connectivity index is 1.66. The smallest absolute Gasteiger partial charge is 0.317 e. The molecule has 1 aromatic carbocycles. The molecule has 6 nitrogen and oxygen atoms in total. The third-order valence-corrected chi connectivity index (χ3v) is 6.68. The van der Waals surface area contributed by atoms with Gasteiger partial charge in [0.15, 0.2) is 0 Å². The summed E-state index contributed by atoms with van der Waals surface area (Å²) in [5.74, 6) is 0.437. The van der Waals surface area contributed by atoms with E-state index in [0.717, 1.165) is 32.5 Å². The molecule has 1 aromatic heterocycles. The highest BCUT2D eigenvalue weighted by Gasteiger charge is 2.40. The molecule has 0 bridgehead atoms. The maximum atomic E-state index is 12.6. The SMILES string of the molecule is CCN(CC)C(=O)N[C@H]1C[C@@H]2c3cc(N(C)C)cc4[nH]cc(c34)C[C@H]2N(C)C1. The highest BCUT2D eigenvalue weighted by Crippen LogP contribution is 2.44. The number of likely N-dealkylation sites (N-methyl/N-ethyl adjacent to an activating group) is 1. The summed E-state index contributed by atoms with van der Waals surface area (Å²) in [6.07, 6.45) is 4.26. The number of amides is 2. The van der Waals surface area contributed by atoms with Crippen LogP contribution in [0.5, 0.6) is 0 Å². The molecule has 1 fully saturated rings. The van der Waals surface area contributed by atoms with Crippen molar-refractivity contribution in [3.8, 4) is 0 Å². The summed E-state index contributed by atoms with van der Waals surface area (Å²) < 4.78 is 0. The fourth-order valence-corrected chi connectivity index (χ4v) is 5.14. The maximum Gasteiger partial charge on any atom is 0.317 e. The molecule has 0 saturated carbocycles. The van der Waals surface area contributed by atoms with Gasteiger partial charge < -0.3 is 25.0 Å². The van der Waals surface area contributed by atoms with Crippen LogP contribution < -0.4 is 10.2 Å². The summed E-state index contributed by atoms with van der Waals surface area (Å²) in [7, 11) is 6.40. The van der Waals surface area contributed by atoms with Crippen LogP contribution in [-0.4, -0.2) is 73.7 Å². The lowest BCUT2D eigenvalue weighted by Gasteiger charge is -2.46. The van der Waals surface area contributed by atoms with Crippen molar-refractivity contribution in [3.05, 3.63) is 29.5 Å². The molecule has 3 atom stereocenters. The lowest BCUT2D eigenvalue weighted by atomic mass is 9.74. The first kappa shape index (κ1) is 19.1. The van der Waals surface area contributed by atoms with Gasteiger partial charge in [0.2, 0.25) is 0 Å². The van der Waals surface area contributed by atoms with Crippen molar-refractivity contribution in [2.75, 3.05) is 45.7 Å². The van der Waals surface area contributed by atoms with Crippen LogP contribution in [-0.2, 0) is 6.42 Å². The number of anilines is 1. The van der Waals surface area contributed by atoms with E-state index in [1.165, 1.54) is 27.7 Å². The van der Waals surface area contributed by atoms with Gasteiger partial charge in [0, 0.05) is 74.5 Å². The first-order valence-corrected chi connectivity index (χ1v) is 10.5. The van der Waals surface area contributed by atoms with Crippen LogP contribution in [0.1, 0.15) is 37.3 Å². The lowest BCUT2D eigenvalue weighted by molar-refractivity contribution is 0.124. The first-order chi connectivity index (χ1) is 13.4. The van der Waals surface area contributed by atoms with Gasteiger partial charge >= 0.3 is 6.03 Å². The van der Waals surface area contributed by atoms with E-state index >= 15 is 0 Å². The van der Waals surface area contributed by atoms with Gasteiger partial charge in [-0.3, -0.25) is 0 Å². The molecular weight excluding hydrogens is 350 g/mol. The van der Waals surface area contributed by atoms with Gasteiger partial charge in [0.25, 0.3) is 0 Å². The zero-order chi connectivity index (χ0) is 20.0. The largest absolute Gasteiger partial charge is 0.378 e. The number of rotatable bonds is 4. The number of aromatic amines is 1. The fourth-order valence-electron chi connectivity index (χ4n) is 5.14. The number of nitrogens with zero attached hydrogens (tertiary/aromatic N) is 3. The average Bonchev–Trinajstić information content (AvgIpc) is 3.07. The Morgan fingerprint density at radius 3 is 2.71 bits per heavy atom. The van der Waals surface area contributed by atoms with Crippen LogP contribution in [0.25, 0.3) is 10.9 Å². The van der Waals surface area contributed by atoms with Crippen molar-refractivity contribution in [1.82, 2.24) is 20.1 Å². The molecule has 1 aliphatic carbocycles. The van der Waals surface area contributed by atoms with Crippen molar-refractivity contribution < 1.29 is 4.79 Å². The van der Waals surface area contributed by atoms with Gasteiger partial charge in [0.05, 0.1) is 0 Å². The summed E-state index contributed by atoms with van der Waals surface area (Å²) in [4.78, 5) is 22.6. The third kappa shape index (κ3) is 3.13. The highest BCUT2D eigenvalue weighted by atomic mass is 16.2. The summed E-state index contributed by atoms with van der Waals surface area (Å²) >= 11 is 0. The van der Waals surface area contributed by atoms with Crippen molar-refractivity contribution in [1.29, 1.82) is 0 Å². The average molecular weight is 384 g/mol. The fraction of sp³-hybridized carbons (Fsp3) is 0.591. The Bertz CT molecular complexity index is 869. The lowest BCUT2D eigenvalue weighted by Crippen LogP contribution is -2.56. The van der Waals surface area contributed by atoms with Gasteiger partial charge in [-0.2, -0.15) is 0 Å². The number of fused-ring (bicyclic) bond motifs is 2. The van der Waals surface area contributed by atoms with Gasteiger partial charge in [-0.05, 0) is 57.0 Å². The minimum absolute atomic E-state index is 0.0622. The van der Waals surface area contributed by atoms with Crippen molar-refractivity contribution >= 4 is 22.6 Å². The number of likely N-dealkylation sites (tertiary alicyclic amines) is 1. The van der Waals surface area contributed by atoms with E-state index in [1.807, 2.05) is 18.7 Å². The molecule has 6 heteroatoms. The number of carbonyl (C=O) groups is 1. The third-order valence-electron chi connectivity index (χ3n) is 6.68. The van der Waals surface area contributed by atoms with E-state index in [2.05, 4.69) is 59.6 Å². The first-order valence-electron chi connectivity index (χ1n) is 10.5. The van der Waals surface area contributed by atoms with Crippen LogP contribution in [0.4, 0.5) is 10.5 Å². The quantitative estimate of drug-likeness (QED) is 0.853. The molecule has 2 amide bonds. The molecule has 152 valence electrons. The molecule has 1 saturated heterocycles. The van der Waals surface area contributed by atoms with Gasteiger partial charge in [-0.15, -0.1) is 0 Å². The molecule has 2 heterocycles. The Morgan fingerprint density at radius 1 is 1.29 bits per heavy atom. The Kier molecular flexibility index (Phi) is 5.00. The van der Waals surface area contributed by atoms with Crippen LogP contribution in [0, 0.1) is 0 Å². The Morgan fingerprint density at radius 2 is 2.04 bits per heavy atom. The maximum absolute atomic E-state index is 12.6. The van der Waals surface area contributed by atoms with Crippen molar-refractivity contribution in [2.24, 2.45) is 0 Å². The van der Waals surface area contributed by atoms with Gasteiger partial charge in [-0.1, -0.05) is 0 Å². The molecule has 0 unspecified atom stereocenters. The number of hydrogen-bond donors (Lipinski definition) is 2. The second-order valence-electron chi connectivity index (χ2n) is 8.54. The summed E-state index contributed by atoms with van der Waals surface area (Å²) in [5.41, 5.74) is 5.32. The molecule has 2 N–H and O–H groups in total. The number of benzene rings is 1. The number of H-pyrrole nitrogens is 1. The van der Waals surface area contributed by atoms with E-state index in [-0.39, 0.29) is 12.1 Å². The van der Waals surface area contributed by atoms with E-state index in [1.54, 1.807) is 0 Å². The summed E-state index contributed by atoms with van der Waals surface area (Å²) in [6.45, 7) is 6.46. The van der Waals surface area contributed by atoms with E-state index in [4.69, 9.17) is 0 Å². The molecule has 2 aromatic rings. The van der Waals surface area contributed by atoms with Crippen molar-refractivity contribution in [2.45, 2.75) is 44.7 Å². The number of hydrogen-bond acceptors (Lipinski definition) is 3. The minimum Gasteiger partial charge on any atom is -0.378 e. The highest BCUT2D eigenvalue weighted by molar-refractivity contribution is 5.91. The van der Waals surface area contributed by atoms with Crippen LogP contribution in [0.3, 0.4) is 0 Å². The van der Waals surface area contributed by atoms with E-state index in [9.17, 15) is 4.79 Å². The van der Waals surface area contributed by atoms with Crippen LogP contribution >= 0.6 is 0 Å². The molecular formula is C22H33N5O. The van der Waals surface area contributed by atoms with E-state index in [0.29, 0.717) is 12.0 Å². The number of urea groups is 1. The zero-order valence-corrected chi connectivity index (χ0v) is 17.7. The molecule has 28 heavy (non-hydrogen) atoms. The predicted octanol–water partition coefficient (Wildman–Crippen LogP) is 3.00. The second kappa shape index (κ2) is 7.32. The minimum atomic E-state index is 0.0622. The predicted molar refractivity (Wildman–Crippen MR) is 115 cm³/mol. The van der Waals surface area contributed by atoms with Crippen LogP contribution in [0.2, 0.25) is 0 Å². The molecule has 0 radical (unpaired) electrons. The van der Waals surface area contributed by atoms with Gasteiger partial charge in [0.1, 0.15) is 0 Å². The number of piperidine rings is 1. The molecule has 2 aliphatic rings. The van der Waals surface area contributed by atoms with Crippen molar-refractivity contribution in [3.63, 3.8) is 0 Å². The zero-order valence-electron chi connectivity index (χ0n) is 17.7. The molecule has 4 rings (SSSR count). The molecule has 0 spiro atoms. The Hall–Kier alpha value is -2.21. The monoisotopic (exact) mass is 383 g/mol. The number of carbonyl (C=O) groups excluding carboxylic acids is 1. The number of nitrogens with one attached hydrogen (secondary N) is 2. The van der Waals surface area contributed by atoms with E-state index < -0.39 is 0 Å². The normalized spacial score (nSPS) is 24.1. The summed E-state index contributed by atoms with van der Waals surface area (Å²) in [5, 5.41) is 4.70. The van der Waals surface area contributed by atoms with Crippen LogP contribution in [0.15, 0.2) is 18.3 Å².